The highest BCUT2D eigenvalue weighted by Crippen LogP contribution is 2.35. The third-order valence-electron chi connectivity index (χ3n) is 5.50. The van der Waals surface area contributed by atoms with E-state index in [2.05, 4.69) is 23.7 Å². The van der Waals surface area contributed by atoms with Crippen molar-refractivity contribution in [3.63, 3.8) is 0 Å². The quantitative estimate of drug-likeness (QED) is 0.0892. The van der Waals surface area contributed by atoms with Crippen LogP contribution in [0.15, 0.2) is 12.2 Å². The van der Waals surface area contributed by atoms with Gasteiger partial charge in [-0.3, -0.25) is 9.32 Å². The zero-order chi connectivity index (χ0) is 24.1. The standard InChI is InChI=1S/C24H48NO6P/c1-3-5-7-9-11-12-14-15-17-19-23(26)22(21-31-32(28,29)30)25-24(27)20-18-16-13-10-8-6-4-2/h17,19,22-23,26H,3-16,18,20-21H2,1-2H3,(H,25,27)(H2,28,29,30)/b19-17+/t22-,23+/m0/s1. The Morgan fingerprint density at radius 1 is 0.875 bits per heavy atom. The fraction of sp³-hybridized carbons (Fsp3) is 0.875. The number of allylic oxidation sites excluding steroid dienone is 1. The number of phosphoric ester groups is 1. The van der Waals surface area contributed by atoms with Crippen LogP contribution in [0.1, 0.15) is 117 Å². The van der Waals surface area contributed by atoms with Crippen molar-refractivity contribution in [1.29, 1.82) is 0 Å². The van der Waals surface area contributed by atoms with Gasteiger partial charge in [0.05, 0.1) is 18.8 Å². The van der Waals surface area contributed by atoms with Crippen molar-refractivity contribution < 1.29 is 28.8 Å². The molecule has 2 atom stereocenters. The molecule has 0 aliphatic heterocycles. The van der Waals surface area contributed by atoms with Crippen LogP contribution in [0.3, 0.4) is 0 Å². The number of aliphatic hydroxyl groups is 1. The van der Waals surface area contributed by atoms with Gasteiger partial charge in [0.2, 0.25) is 5.91 Å². The Morgan fingerprint density at radius 2 is 1.38 bits per heavy atom. The van der Waals surface area contributed by atoms with Crippen LogP contribution in [-0.4, -0.2) is 39.6 Å². The van der Waals surface area contributed by atoms with E-state index in [1.807, 2.05) is 6.08 Å². The van der Waals surface area contributed by atoms with Crippen molar-refractivity contribution in [2.45, 2.75) is 129 Å². The molecule has 0 fully saturated rings. The van der Waals surface area contributed by atoms with Gasteiger partial charge in [-0.1, -0.05) is 103 Å². The second kappa shape index (κ2) is 20.9. The predicted octanol–water partition coefficient (Wildman–Crippen LogP) is 5.78. The molecule has 0 saturated heterocycles. The lowest BCUT2D eigenvalue weighted by Gasteiger charge is -2.22. The van der Waals surface area contributed by atoms with E-state index in [9.17, 15) is 14.5 Å². The maximum Gasteiger partial charge on any atom is 0.469 e. The molecular weight excluding hydrogens is 429 g/mol. The fourth-order valence-electron chi connectivity index (χ4n) is 3.51. The molecule has 1 amide bonds. The number of rotatable bonds is 22. The minimum Gasteiger partial charge on any atom is -0.387 e. The summed E-state index contributed by atoms with van der Waals surface area (Å²) in [5.41, 5.74) is 0. The molecule has 0 heterocycles. The Balaban J connectivity index is 4.31. The minimum absolute atomic E-state index is 0.239. The molecular formula is C24H48NO6P. The summed E-state index contributed by atoms with van der Waals surface area (Å²) in [6.45, 7) is 3.93. The number of carbonyl (C=O) groups is 1. The number of hydrogen-bond donors (Lipinski definition) is 4. The van der Waals surface area contributed by atoms with Crippen molar-refractivity contribution in [2.75, 3.05) is 6.61 Å². The summed E-state index contributed by atoms with van der Waals surface area (Å²) in [5, 5.41) is 13.1. The van der Waals surface area contributed by atoms with Gasteiger partial charge < -0.3 is 20.2 Å². The molecule has 32 heavy (non-hydrogen) atoms. The fourth-order valence-corrected chi connectivity index (χ4v) is 3.87. The molecule has 0 rings (SSSR count). The Morgan fingerprint density at radius 3 is 1.91 bits per heavy atom. The number of amides is 1. The van der Waals surface area contributed by atoms with Crippen LogP contribution in [0.4, 0.5) is 0 Å². The topological polar surface area (TPSA) is 116 Å². The maximum atomic E-state index is 12.2. The molecule has 0 saturated carbocycles. The molecule has 0 unspecified atom stereocenters. The highest BCUT2D eigenvalue weighted by molar-refractivity contribution is 7.46. The zero-order valence-corrected chi connectivity index (χ0v) is 21.2. The molecule has 0 aromatic rings. The maximum absolute atomic E-state index is 12.2. The molecule has 0 spiro atoms. The number of hydrogen-bond acceptors (Lipinski definition) is 4. The highest BCUT2D eigenvalue weighted by atomic mass is 31.2. The van der Waals surface area contributed by atoms with Gasteiger partial charge in [0, 0.05) is 6.42 Å². The zero-order valence-electron chi connectivity index (χ0n) is 20.3. The van der Waals surface area contributed by atoms with Gasteiger partial charge in [0.15, 0.2) is 0 Å². The number of phosphoric acid groups is 1. The van der Waals surface area contributed by atoms with Crippen LogP contribution in [0.2, 0.25) is 0 Å². The number of nitrogens with one attached hydrogen (secondary N) is 1. The smallest absolute Gasteiger partial charge is 0.387 e. The summed E-state index contributed by atoms with van der Waals surface area (Å²) < 4.78 is 15.6. The molecule has 0 aliphatic rings. The van der Waals surface area contributed by atoms with Gasteiger partial charge in [-0.2, -0.15) is 0 Å². The van der Waals surface area contributed by atoms with Crippen LogP contribution in [0, 0.1) is 0 Å². The summed E-state index contributed by atoms with van der Waals surface area (Å²) in [5.74, 6) is -0.239. The number of unbranched alkanes of at least 4 members (excludes halogenated alkanes) is 13. The van der Waals surface area contributed by atoms with Crippen LogP contribution in [0.25, 0.3) is 0 Å². The van der Waals surface area contributed by atoms with E-state index in [0.29, 0.717) is 6.42 Å². The summed E-state index contributed by atoms with van der Waals surface area (Å²) in [4.78, 5) is 30.2. The molecule has 0 aliphatic carbocycles. The lowest BCUT2D eigenvalue weighted by atomic mass is 10.1. The van der Waals surface area contributed by atoms with Crippen molar-refractivity contribution in [3.05, 3.63) is 12.2 Å². The summed E-state index contributed by atoms with van der Waals surface area (Å²) in [6, 6.07) is -0.898. The van der Waals surface area contributed by atoms with Gasteiger partial charge in [0.1, 0.15) is 0 Å². The molecule has 8 heteroatoms. The minimum atomic E-state index is -4.68. The lowest BCUT2D eigenvalue weighted by molar-refractivity contribution is -0.123. The SMILES string of the molecule is CCCCCCCCC/C=C/[C@@H](O)[C@H](COP(=O)(O)O)NC(=O)CCCCCCCCC. The van der Waals surface area contributed by atoms with Crippen molar-refractivity contribution in [2.24, 2.45) is 0 Å². The van der Waals surface area contributed by atoms with Gasteiger partial charge in [-0.05, 0) is 19.3 Å². The average molecular weight is 478 g/mol. The van der Waals surface area contributed by atoms with E-state index in [-0.39, 0.29) is 5.91 Å². The third-order valence-corrected chi connectivity index (χ3v) is 5.98. The van der Waals surface area contributed by atoms with Crippen molar-refractivity contribution in [3.8, 4) is 0 Å². The van der Waals surface area contributed by atoms with Gasteiger partial charge in [-0.25, -0.2) is 4.57 Å². The second-order valence-electron chi connectivity index (χ2n) is 8.66. The first-order chi connectivity index (χ1) is 15.3. The van der Waals surface area contributed by atoms with Crippen LogP contribution in [0.5, 0.6) is 0 Å². The van der Waals surface area contributed by atoms with Crippen molar-refractivity contribution in [1.82, 2.24) is 5.32 Å². The molecule has 4 N–H and O–H groups in total. The Hall–Kier alpha value is -0.720. The van der Waals surface area contributed by atoms with E-state index in [1.54, 1.807) is 6.08 Å². The van der Waals surface area contributed by atoms with E-state index < -0.39 is 26.6 Å². The van der Waals surface area contributed by atoms with E-state index >= 15 is 0 Å². The Kier molecular flexibility index (Phi) is 20.4. The van der Waals surface area contributed by atoms with Crippen LogP contribution >= 0.6 is 7.82 Å². The molecule has 7 nitrogen and oxygen atoms in total. The van der Waals surface area contributed by atoms with E-state index in [0.717, 1.165) is 38.5 Å². The summed E-state index contributed by atoms with van der Waals surface area (Å²) in [6.07, 6.45) is 19.7. The summed E-state index contributed by atoms with van der Waals surface area (Å²) in [7, 11) is -4.68. The number of aliphatic hydroxyl groups excluding tert-OH is 1. The highest BCUT2D eigenvalue weighted by Gasteiger charge is 2.24. The normalized spacial score (nSPS) is 14.0. The molecule has 190 valence electrons. The average Bonchev–Trinajstić information content (AvgIpc) is 2.74. The largest absolute Gasteiger partial charge is 0.469 e. The monoisotopic (exact) mass is 477 g/mol. The second-order valence-corrected chi connectivity index (χ2v) is 9.90. The first kappa shape index (κ1) is 31.3. The lowest BCUT2D eigenvalue weighted by Crippen LogP contribution is -2.45. The van der Waals surface area contributed by atoms with Crippen LogP contribution in [-0.2, 0) is 13.9 Å². The van der Waals surface area contributed by atoms with Gasteiger partial charge in [-0.15, -0.1) is 0 Å². The van der Waals surface area contributed by atoms with Gasteiger partial charge >= 0.3 is 7.82 Å². The predicted molar refractivity (Wildman–Crippen MR) is 130 cm³/mol. The van der Waals surface area contributed by atoms with Crippen molar-refractivity contribution >= 4 is 13.7 Å². The first-order valence-corrected chi connectivity index (χ1v) is 14.2. The van der Waals surface area contributed by atoms with E-state index in [4.69, 9.17) is 9.79 Å². The third kappa shape index (κ3) is 21.1. The Bertz CT molecular complexity index is 523. The first-order valence-electron chi connectivity index (χ1n) is 12.6. The molecule has 0 aromatic heterocycles. The Labute approximate surface area is 195 Å². The van der Waals surface area contributed by atoms with E-state index in [1.165, 1.54) is 57.8 Å². The molecule has 0 aromatic carbocycles. The molecule has 0 radical (unpaired) electrons. The van der Waals surface area contributed by atoms with Crippen LogP contribution < -0.4 is 5.32 Å². The molecule has 0 bridgehead atoms. The summed E-state index contributed by atoms with van der Waals surface area (Å²) >= 11 is 0. The number of carbonyl (C=O) groups excluding carboxylic acids is 1. The van der Waals surface area contributed by atoms with Gasteiger partial charge in [0.25, 0.3) is 0 Å².